The number of ether oxygens (including phenoxy) is 2. The fourth-order valence-corrected chi connectivity index (χ4v) is 1.76. The van der Waals surface area contributed by atoms with Crippen LogP contribution in [0.2, 0.25) is 0 Å². The van der Waals surface area contributed by atoms with Crippen molar-refractivity contribution in [2.75, 3.05) is 6.61 Å². The molecule has 0 N–H and O–H groups in total. The van der Waals surface area contributed by atoms with Crippen molar-refractivity contribution in [1.82, 2.24) is 0 Å². The predicted molar refractivity (Wildman–Crippen MR) is 73.7 cm³/mol. The number of esters is 1. The minimum atomic E-state index is -0.300. The fraction of sp³-hybridized carbons (Fsp3) is 0.188. The average molecular weight is 256 g/mol. The molecule has 98 valence electrons. The van der Waals surface area contributed by atoms with Crippen molar-refractivity contribution in [1.29, 1.82) is 0 Å². The van der Waals surface area contributed by atoms with Gasteiger partial charge in [-0.05, 0) is 49.7 Å². The van der Waals surface area contributed by atoms with Crippen LogP contribution in [0.4, 0.5) is 0 Å². The Kier molecular flexibility index (Phi) is 4.18. The van der Waals surface area contributed by atoms with E-state index >= 15 is 0 Å². The largest absolute Gasteiger partial charge is 0.462 e. The van der Waals surface area contributed by atoms with Crippen LogP contribution in [0.1, 0.15) is 22.8 Å². The third kappa shape index (κ3) is 3.35. The summed E-state index contributed by atoms with van der Waals surface area (Å²) in [4.78, 5) is 11.7. The number of para-hydroxylation sites is 1. The quantitative estimate of drug-likeness (QED) is 0.776. The molecule has 0 amide bonds. The molecule has 2 aromatic rings. The van der Waals surface area contributed by atoms with Crippen LogP contribution >= 0.6 is 0 Å². The standard InChI is InChI=1S/C16H16O3/c1-3-18-16(17)15-10-9-14(11-12(15)2)19-13-7-5-4-6-8-13/h4-11H,3H2,1-2H3. The lowest BCUT2D eigenvalue weighted by atomic mass is 10.1. The summed E-state index contributed by atoms with van der Waals surface area (Å²) in [6.07, 6.45) is 0. The van der Waals surface area contributed by atoms with Crippen molar-refractivity contribution in [3.63, 3.8) is 0 Å². The summed E-state index contributed by atoms with van der Waals surface area (Å²) >= 11 is 0. The molecule has 0 atom stereocenters. The van der Waals surface area contributed by atoms with Gasteiger partial charge in [-0.2, -0.15) is 0 Å². The van der Waals surface area contributed by atoms with Crippen molar-refractivity contribution >= 4 is 5.97 Å². The third-order valence-electron chi connectivity index (χ3n) is 2.67. The second-order valence-corrected chi connectivity index (χ2v) is 4.11. The second-order valence-electron chi connectivity index (χ2n) is 4.11. The summed E-state index contributed by atoms with van der Waals surface area (Å²) in [7, 11) is 0. The average Bonchev–Trinajstić information content (AvgIpc) is 2.40. The molecule has 0 heterocycles. The lowest BCUT2D eigenvalue weighted by Gasteiger charge is -2.09. The number of benzene rings is 2. The van der Waals surface area contributed by atoms with Gasteiger partial charge in [-0.15, -0.1) is 0 Å². The Morgan fingerprint density at radius 2 is 1.79 bits per heavy atom. The number of aryl methyl sites for hydroxylation is 1. The molecule has 0 aliphatic carbocycles. The van der Waals surface area contributed by atoms with Crippen LogP contribution in [0, 0.1) is 6.92 Å². The number of hydrogen-bond donors (Lipinski definition) is 0. The van der Waals surface area contributed by atoms with Gasteiger partial charge in [0.25, 0.3) is 0 Å². The van der Waals surface area contributed by atoms with Crippen molar-refractivity contribution in [2.24, 2.45) is 0 Å². The molecule has 3 nitrogen and oxygen atoms in total. The normalized spacial score (nSPS) is 10.0. The highest BCUT2D eigenvalue weighted by atomic mass is 16.5. The first-order valence-electron chi connectivity index (χ1n) is 6.21. The molecule has 0 saturated heterocycles. The van der Waals surface area contributed by atoms with Gasteiger partial charge in [-0.3, -0.25) is 0 Å². The van der Waals surface area contributed by atoms with Crippen LogP contribution in [0.5, 0.6) is 11.5 Å². The molecule has 0 unspecified atom stereocenters. The van der Waals surface area contributed by atoms with E-state index in [0.717, 1.165) is 11.3 Å². The summed E-state index contributed by atoms with van der Waals surface area (Å²) < 4.78 is 10.7. The molecule has 0 aliphatic rings. The molecule has 0 aliphatic heterocycles. The van der Waals surface area contributed by atoms with Crippen molar-refractivity contribution in [2.45, 2.75) is 13.8 Å². The van der Waals surface area contributed by atoms with Crippen LogP contribution in [0.25, 0.3) is 0 Å². The van der Waals surface area contributed by atoms with E-state index in [1.165, 1.54) is 0 Å². The van der Waals surface area contributed by atoms with E-state index in [1.807, 2.05) is 43.3 Å². The van der Waals surface area contributed by atoms with Gasteiger partial charge in [0.1, 0.15) is 11.5 Å². The number of carbonyl (C=O) groups is 1. The van der Waals surface area contributed by atoms with Crippen LogP contribution in [-0.2, 0) is 4.74 Å². The first-order valence-corrected chi connectivity index (χ1v) is 6.21. The van der Waals surface area contributed by atoms with E-state index in [-0.39, 0.29) is 5.97 Å². The van der Waals surface area contributed by atoms with Gasteiger partial charge in [0.2, 0.25) is 0 Å². The van der Waals surface area contributed by atoms with Crippen LogP contribution < -0.4 is 4.74 Å². The van der Waals surface area contributed by atoms with Gasteiger partial charge >= 0.3 is 5.97 Å². The zero-order valence-corrected chi connectivity index (χ0v) is 11.1. The Hall–Kier alpha value is -2.29. The van der Waals surface area contributed by atoms with Crippen molar-refractivity contribution in [3.05, 3.63) is 59.7 Å². The molecule has 0 bridgehead atoms. The van der Waals surface area contributed by atoms with E-state index in [0.29, 0.717) is 17.9 Å². The lowest BCUT2D eigenvalue weighted by Crippen LogP contribution is -2.06. The molecule has 0 fully saturated rings. The fourth-order valence-electron chi connectivity index (χ4n) is 1.76. The van der Waals surface area contributed by atoms with E-state index in [9.17, 15) is 4.79 Å². The Labute approximate surface area is 112 Å². The maximum atomic E-state index is 11.7. The zero-order chi connectivity index (χ0) is 13.7. The first-order chi connectivity index (χ1) is 9.20. The second kappa shape index (κ2) is 6.05. The molecule has 0 aromatic heterocycles. The Balaban J connectivity index is 2.17. The first kappa shape index (κ1) is 13.1. The minimum absolute atomic E-state index is 0.300. The van der Waals surface area contributed by atoms with Crippen LogP contribution in [0.15, 0.2) is 48.5 Å². The third-order valence-corrected chi connectivity index (χ3v) is 2.67. The van der Waals surface area contributed by atoms with Gasteiger partial charge in [-0.25, -0.2) is 4.79 Å². The Morgan fingerprint density at radius 1 is 1.05 bits per heavy atom. The van der Waals surface area contributed by atoms with E-state index in [1.54, 1.807) is 19.1 Å². The molecule has 19 heavy (non-hydrogen) atoms. The number of carbonyl (C=O) groups excluding carboxylic acids is 1. The van der Waals surface area contributed by atoms with Gasteiger partial charge in [-0.1, -0.05) is 18.2 Å². The van der Waals surface area contributed by atoms with Gasteiger partial charge in [0.15, 0.2) is 0 Å². The summed E-state index contributed by atoms with van der Waals surface area (Å²) in [5, 5.41) is 0. The summed E-state index contributed by atoms with van der Waals surface area (Å²) in [5.74, 6) is 1.17. The summed E-state index contributed by atoms with van der Waals surface area (Å²) in [6, 6.07) is 14.9. The topological polar surface area (TPSA) is 35.5 Å². The molecule has 2 rings (SSSR count). The van der Waals surface area contributed by atoms with Crippen molar-refractivity contribution < 1.29 is 14.3 Å². The minimum Gasteiger partial charge on any atom is -0.462 e. The lowest BCUT2D eigenvalue weighted by molar-refractivity contribution is 0.0525. The van der Waals surface area contributed by atoms with Crippen molar-refractivity contribution in [3.8, 4) is 11.5 Å². The van der Waals surface area contributed by atoms with Gasteiger partial charge < -0.3 is 9.47 Å². The molecule has 0 spiro atoms. The molecular formula is C16H16O3. The molecule has 0 saturated carbocycles. The van der Waals surface area contributed by atoms with E-state index in [2.05, 4.69) is 0 Å². The molecule has 2 aromatic carbocycles. The Bertz CT molecular complexity index is 561. The maximum Gasteiger partial charge on any atom is 0.338 e. The Morgan fingerprint density at radius 3 is 2.42 bits per heavy atom. The smallest absolute Gasteiger partial charge is 0.338 e. The molecule has 0 radical (unpaired) electrons. The highest BCUT2D eigenvalue weighted by Crippen LogP contribution is 2.23. The number of rotatable bonds is 4. The highest BCUT2D eigenvalue weighted by Gasteiger charge is 2.10. The zero-order valence-electron chi connectivity index (χ0n) is 11.1. The SMILES string of the molecule is CCOC(=O)c1ccc(Oc2ccccc2)cc1C. The monoisotopic (exact) mass is 256 g/mol. The van der Waals surface area contributed by atoms with E-state index in [4.69, 9.17) is 9.47 Å². The van der Waals surface area contributed by atoms with Crippen LogP contribution in [-0.4, -0.2) is 12.6 Å². The summed E-state index contributed by atoms with van der Waals surface area (Å²) in [6.45, 7) is 4.03. The number of hydrogen-bond acceptors (Lipinski definition) is 3. The van der Waals surface area contributed by atoms with E-state index < -0.39 is 0 Å². The van der Waals surface area contributed by atoms with Crippen LogP contribution in [0.3, 0.4) is 0 Å². The maximum absolute atomic E-state index is 11.7. The predicted octanol–water partition coefficient (Wildman–Crippen LogP) is 3.96. The summed E-state index contributed by atoms with van der Waals surface area (Å²) in [5.41, 5.74) is 1.41. The molecular weight excluding hydrogens is 240 g/mol. The molecule has 3 heteroatoms. The van der Waals surface area contributed by atoms with Gasteiger partial charge in [0.05, 0.1) is 12.2 Å². The highest BCUT2D eigenvalue weighted by molar-refractivity contribution is 5.91. The van der Waals surface area contributed by atoms with Gasteiger partial charge in [0, 0.05) is 0 Å².